The molecule has 4 nitrogen and oxygen atoms in total. The van der Waals surface area contributed by atoms with Crippen molar-refractivity contribution in [1.82, 2.24) is 9.88 Å². The summed E-state index contributed by atoms with van der Waals surface area (Å²) in [4.78, 5) is 7.72. The zero-order chi connectivity index (χ0) is 14.4. The van der Waals surface area contributed by atoms with Crippen LogP contribution in [0.3, 0.4) is 0 Å². The molecule has 2 aromatic rings. The molecule has 0 aliphatic rings. The number of hydrogen-bond acceptors (Lipinski definition) is 5. The number of hydrogen-bond donors (Lipinski definition) is 2. The third-order valence-electron chi connectivity index (χ3n) is 3.13. The molecular formula is C15H20N2O2S. The Kier molecular flexibility index (Phi) is 5.67. The van der Waals surface area contributed by atoms with Crippen LogP contribution in [-0.2, 0) is 13.1 Å². The number of aliphatic hydroxyl groups excluding tert-OH is 2. The minimum absolute atomic E-state index is 0.220. The van der Waals surface area contributed by atoms with Crippen molar-refractivity contribution in [2.45, 2.75) is 26.1 Å². The molecule has 0 saturated carbocycles. The molecule has 0 aromatic carbocycles. The molecule has 1 atom stereocenters. The third kappa shape index (κ3) is 4.38. The lowest BCUT2D eigenvalue weighted by Crippen LogP contribution is -2.33. The van der Waals surface area contributed by atoms with Crippen molar-refractivity contribution in [3.63, 3.8) is 0 Å². The van der Waals surface area contributed by atoms with E-state index in [-0.39, 0.29) is 6.61 Å². The van der Waals surface area contributed by atoms with E-state index < -0.39 is 6.10 Å². The van der Waals surface area contributed by atoms with E-state index in [4.69, 9.17) is 5.11 Å². The summed E-state index contributed by atoms with van der Waals surface area (Å²) in [6.45, 7) is 3.73. The molecule has 108 valence electrons. The van der Waals surface area contributed by atoms with Gasteiger partial charge in [0.25, 0.3) is 0 Å². The van der Waals surface area contributed by atoms with Crippen molar-refractivity contribution in [3.05, 3.63) is 52.0 Å². The molecule has 2 N–H and O–H groups in total. The molecule has 0 aliphatic carbocycles. The van der Waals surface area contributed by atoms with Gasteiger partial charge in [0.1, 0.15) is 0 Å². The molecule has 20 heavy (non-hydrogen) atoms. The lowest BCUT2D eigenvalue weighted by Gasteiger charge is -2.23. The Bertz CT molecular complexity index is 516. The van der Waals surface area contributed by atoms with Gasteiger partial charge in [0.15, 0.2) is 0 Å². The smallest absolute Gasteiger partial charge is 0.0897 e. The van der Waals surface area contributed by atoms with Crippen LogP contribution in [0.15, 0.2) is 35.8 Å². The summed E-state index contributed by atoms with van der Waals surface area (Å²) in [6.07, 6.45) is 1.05. The lowest BCUT2D eigenvalue weighted by molar-refractivity contribution is 0.0541. The second kappa shape index (κ2) is 7.50. The number of aliphatic hydroxyl groups is 2. The minimum atomic E-state index is -0.723. The van der Waals surface area contributed by atoms with Gasteiger partial charge in [0, 0.05) is 30.7 Å². The molecule has 0 bridgehead atoms. The van der Waals surface area contributed by atoms with E-state index in [0.29, 0.717) is 13.1 Å². The maximum Gasteiger partial charge on any atom is 0.0897 e. The van der Waals surface area contributed by atoms with Crippen molar-refractivity contribution >= 4 is 11.3 Å². The highest BCUT2D eigenvalue weighted by atomic mass is 32.1. The van der Waals surface area contributed by atoms with Gasteiger partial charge in [-0.25, -0.2) is 0 Å². The highest BCUT2D eigenvalue weighted by molar-refractivity contribution is 7.10. The monoisotopic (exact) mass is 292 g/mol. The van der Waals surface area contributed by atoms with Gasteiger partial charge in [-0.15, -0.1) is 11.3 Å². The Morgan fingerprint density at radius 1 is 1.30 bits per heavy atom. The molecule has 0 aliphatic heterocycles. The fourth-order valence-electron chi connectivity index (χ4n) is 2.03. The highest BCUT2D eigenvalue weighted by Gasteiger charge is 2.14. The van der Waals surface area contributed by atoms with Crippen molar-refractivity contribution < 1.29 is 10.2 Å². The van der Waals surface area contributed by atoms with Crippen molar-refractivity contribution in [1.29, 1.82) is 0 Å². The Balaban J connectivity index is 2.06. The molecule has 0 radical (unpaired) electrons. The van der Waals surface area contributed by atoms with E-state index in [9.17, 15) is 5.11 Å². The average molecular weight is 292 g/mol. The minimum Gasteiger partial charge on any atom is -0.394 e. The van der Waals surface area contributed by atoms with E-state index >= 15 is 0 Å². The van der Waals surface area contributed by atoms with Crippen LogP contribution in [0.2, 0.25) is 0 Å². The molecule has 0 spiro atoms. The first-order chi connectivity index (χ1) is 9.69. The standard InChI is InChI=1S/C15H20N2O2S/c1-12-5-7-20-15(12)10-17(9-14(19)11-18)8-13-4-2-3-6-16-13/h2-7,14,18-19H,8-11H2,1H3. The number of thiophene rings is 1. The largest absolute Gasteiger partial charge is 0.394 e. The van der Waals surface area contributed by atoms with Crippen molar-refractivity contribution in [3.8, 4) is 0 Å². The molecule has 2 rings (SSSR count). The lowest BCUT2D eigenvalue weighted by atomic mass is 10.2. The highest BCUT2D eigenvalue weighted by Crippen LogP contribution is 2.19. The fourth-order valence-corrected chi connectivity index (χ4v) is 2.98. The van der Waals surface area contributed by atoms with Gasteiger partial charge in [-0.2, -0.15) is 0 Å². The Morgan fingerprint density at radius 3 is 2.75 bits per heavy atom. The van der Waals surface area contributed by atoms with Crippen molar-refractivity contribution in [2.75, 3.05) is 13.2 Å². The number of aryl methyl sites for hydroxylation is 1. The van der Waals surface area contributed by atoms with E-state index in [2.05, 4.69) is 28.3 Å². The molecule has 2 aromatic heterocycles. The first kappa shape index (κ1) is 15.1. The van der Waals surface area contributed by atoms with Gasteiger partial charge in [-0.3, -0.25) is 9.88 Å². The average Bonchev–Trinajstić information content (AvgIpc) is 2.85. The van der Waals surface area contributed by atoms with Gasteiger partial charge in [-0.05, 0) is 36.1 Å². The predicted molar refractivity (Wildman–Crippen MR) is 80.5 cm³/mol. The molecule has 5 heteroatoms. The summed E-state index contributed by atoms with van der Waals surface area (Å²) in [6, 6.07) is 7.92. The Labute approximate surface area is 123 Å². The number of rotatable bonds is 7. The van der Waals surface area contributed by atoms with E-state index in [1.54, 1.807) is 17.5 Å². The number of nitrogens with zero attached hydrogens (tertiary/aromatic N) is 2. The number of pyridine rings is 1. The van der Waals surface area contributed by atoms with Crippen LogP contribution in [0.1, 0.15) is 16.1 Å². The first-order valence-electron chi connectivity index (χ1n) is 6.63. The van der Waals surface area contributed by atoms with Crippen LogP contribution in [-0.4, -0.2) is 39.4 Å². The summed E-state index contributed by atoms with van der Waals surface area (Å²) >= 11 is 1.72. The van der Waals surface area contributed by atoms with E-state index in [0.717, 1.165) is 12.2 Å². The molecule has 1 unspecified atom stereocenters. The van der Waals surface area contributed by atoms with Gasteiger partial charge >= 0.3 is 0 Å². The SMILES string of the molecule is Cc1ccsc1CN(Cc1ccccn1)CC(O)CO. The van der Waals surface area contributed by atoms with Gasteiger partial charge in [0.05, 0.1) is 18.4 Å². The van der Waals surface area contributed by atoms with Crippen LogP contribution in [0.4, 0.5) is 0 Å². The predicted octanol–water partition coefficient (Wildman–Crippen LogP) is 1.81. The second-order valence-electron chi connectivity index (χ2n) is 4.85. The van der Waals surface area contributed by atoms with Gasteiger partial charge < -0.3 is 10.2 Å². The molecule has 0 fully saturated rings. The number of aromatic nitrogens is 1. The summed E-state index contributed by atoms with van der Waals surface area (Å²) in [5.74, 6) is 0. The van der Waals surface area contributed by atoms with Crippen LogP contribution in [0.25, 0.3) is 0 Å². The van der Waals surface area contributed by atoms with Crippen LogP contribution in [0, 0.1) is 6.92 Å². The zero-order valence-electron chi connectivity index (χ0n) is 11.6. The van der Waals surface area contributed by atoms with E-state index in [1.807, 2.05) is 18.2 Å². The Hall–Kier alpha value is -1.27. The maximum atomic E-state index is 9.70. The Morgan fingerprint density at radius 2 is 2.15 bits per heavy atom. The second-order valence-corrected chi connectivity index (χ2v) is 5.85. The van der Waals surface area contributed by atoms with Crippen LogP contribution in [0.5, 0.6) is 0 Å². The van der Waals surface area contributed by atoms with Crippen LogP contribution >= 0.6 is 11.3 Å². The molecule has 0 amide bonds. The van der Waals surface area contributed by atoms with Gasteiger partial charge in [0.2, 0.25) is 0 Å². The third-order valence-corrected chi connectivity index (χ3v) is 4.13. The summed E-state index contributed by atoms with van der Waals surface area (Å²) in [7, 11) is 0. The van der Waals surface area contributed by atoms with Crippen molar-refractivity contribution in [2.24, 2.45) is 0 Å². The zero-order valence-corrected chi connectivity index (χ0v) is 12.4. The fraction of sp³-hybridized carbons (Fsp3) is 0.400. The molecular weight excluding hydrogens is 272 g/mol. The summed E-state index contributed by atoms with van der Waals surface area (Å²) in [5.41, 5.74) is 2.23. The quantitative estimate of drug-likeness (QED) is 0.817. The normalized spacial score (nSPS) is 12.8. The summed E-state index contributed by atoms with van der Waals surface area (Å²) < 4.78 is 0. The maximum absolute atomic E-state index is 9.70. The molecule has 0 saturated heterocycles. The van der Waals surface area contributed by atoms with Gasteiger partial charge in [-0.1, -0.05) is 6.07 Å². The van der Waals surface area contributed by atoms with Crippen LogP contribution < -0.4 is 0 Å². The summed E-state index contributed by atoms with van der Waals surface area (Å²) in [5, 5.41) is 20.8. The van der Waals surface area contributed by atoms with E-state index in [1.165, 1.54) is 10.4 Å². The molecule has 2 heterocycles. The first-order valence-corrected chi connectivity index (χ1v) is 7.51. The topological polar surface area (TPSA) is 56.6 Å².